The molecule has 0 amide bonds. The molecule has 0 saturated heterocycles. The van der Waals surface area contributed by atoms with Gasteiger partial charge >= 0.3 is 0 Å². The molecule has 0 aliphatic carbocycles. The average Bonchev–Trinajstić information content (AvgIpc) is 1.99. The second-order valence-corrected chi connectivity index (χ2v) is 3.77. The Morgan fingerprint density at radius 2 is 1.73 bits per heavy atom. The molecule has 1 heteroatoms. The first-order valence-corrected chi connectivity index (χ1v) is 4.80. The molecule has 0 rings (SSSR count). The Hall–Kier alpha value is -0.0400. The standard InChI is InChI=1S/C10H23N/c1-6-10(9(3)4)8-11(5)7-2/h9-10H,6-8H2,1-5H3. The highest BCUT2D eigenvalue weighted by Crippen LogP contribution is 2.15. The van der Waals surface area contributed by atoms with Crippen molar-refractivity contribution in [3.63, 3.8) is 0 Å². The molecule has 1 atom stereocenters. The number of rotatable bonds is 5. The first-order chi connectivity index (χ1) is 5.11. The Morgan fingerprint density at radius 1 is 1.18 bits per heavy atom. The van der Waals surface area contributed by atoms with Gasteiger partial charge < -0.3 is 4.90 Å². The van der Waals surface area contributed by atoms with Gasteiger partial charge in [0, 0.05) is 6.54 Å². The van der Waals surface area contributed by atoms with Crippen molar-refractivity contribution in [1.29, 1.82) is 0 Å². The molecule has 0 radical (unpaired) electrons. The maximum atomic E-state index is 2.40. The lowest BCUT2D eigenvalue weighted by Crippen LogP contribution is -2.27. The van der Waals surface area contributed by atoms with E-state index in [0.29, 0.717) is 0 Å². The molecule has 11 heavy (non-hydrogen) atoms. The highest BCUT2D eigenvalue weighted by molar-refractivity contribution is 4.64. The summed E-state index contributed by atoms with van der Waals surface area (Å²) in [7, 11) is 2.20. The van der Waals surface area contributed by atoms with E-state index in [1.54, 1.807) is 0 Å². The van der Waals surface area contributed by atoms with Crippen LogP contribution in [0.25, 0.3) is 0 Å². The summed E-state index contributed by atoms with van der Waals surface area (Å²) in [5.41, 5.74) is 0. The van der Waals surface area contributed by atoms with E-state index in [9.17, 15) is 0 Å². The van der Waals surface area contributed by atoms with Crippen LogP contribution in [-0.4, -0.2) is 25.0 Å². The first kappa shape index (κ1) is 11.0. The van der Waals surface area contributed by atoms with Crippen LogP contribution in [0.15, 0.2) is 0 Å². The van der Waals surface area contributed by atoms with Crippen molar-refractivity contribution >= 4 is 0 Å². The van der Waals surface area contributed by atoms with Gasteiger partial charge in [0.25, 0.3) is 0 Å². The van der Waals surface area contributed by atoms with Crippen molar-refractivity contribution in [2.75, 3.05) is 20.1 Å². The van der Waals surface area contributed by atoms with Crippen molar-refractivity contribution in [2.24, 2.45) is 11.8 Å². The predicted molar refractivity (Wildman–Crippen MR) is 51.8 cm³/mol. The Kier molecular flexibility index (Phi) is 5.57. The van der Waals surface area contributed by atoms with E-state index in [1.165, 1.54) is 19.5 Å². The van der Waals surface area contributed by atoms with Crippen molar-refractivity contribution in [3.8, 4) is 0 Å². The Bertz CT molecular complexity index is 88.9. The van der Waals surface area contributed by atoms with Crippen molar-refractivity contribution < 1.29 is 0 Å². The molecular formula is C10H23N. The van der Waals surface area contributed by atoms with Gasteiger partial charge in [-0.3, -0.25) is 0 Å². The van der Waals surface area contributed by atoms with Crippen LogP contribution >= 0.6 is 0 Å². The zero-order chi connectivity index (χ0) is 8.85. The highest BCUT2D eigenvalue weighted by Gasteiger charge is 2.11. The summed E-state index contributed by atoms with van der Waals surface area (Å²) in [4.78, 5) is 2.40. The van der Waals surface area contributed by atoms with Gasteiger partial charge in [-0.15, -0.1) is 0 Å². The first-order valence-electron chi connectivity index (χ1n) is 4.80. The molecule has 0 N–H and O–H groups in total. The molecule has 0 aromatic carbocycles. The van der Waals surface area contributed by atoms with Gasteiger partial charge in [-0.2, -0.15) is 0 Å². The number of hydrogen-bond acceptors (Lipinski definition) is 1. The van der Waals surface area contributed by atoms with Gasteiger partial charge in [0.2, 0.25) is 0 Å². The van der Waals surface area contributed by atoms with Crippen LogP contribution in [0.2, 0.25) is 0 Å². The minimum absolute atomic E-state index is 0.828. The highest BCUT2D eigenvalue weighted by atomic mass is 15.1. The predicted octanol–water partition coefficient (Wildman–Crippen LogP) is 2.62. The van der Waals surface area contributed by atoms with Crippen molar-refractivity contribution in [2.45, 2.75) is 34.1 Å². The lowest BCUT2D eigenvalue weighted by molar-refractivity contribution is 0.239. The topological polar surface area (TPSA) is 3.24 Å². The quantitative estimate of drug-likeness (QED) is 0.593. The van der Waals surface area contributed by atoms with Gasteiger partial charge in [0.05, 0.1) is 0 Å². The molecule has 0 aliphatic rings. The van der Waals surface area contributed by atoms with E-state index in [2.05, 4.69) is 39.6 Å². The van der Waals surface area contributed by atoms with Crippen LogP contribution in [0.4, 0.5) is 0 Å². The molecule has 0 aromatic rings. The Labute approximate surface area is 71.8 Å². The summed E-state index contributed by atoms with van der Waals surface area (Å²) in [6, 6.07) is 0. The molecule has 0 fully saturated rings. The fraction of sp³-hybridized carbons (Fsp3) is 1.00. The normalized spacial score (nSPS) is 14.5. The summed E-state index contributed by atoms with van der Waals surface area (Å²) >= 11 is 0. The smallest absolute Gasteiger partial charge is 0.000883 e. The minimum atomic E-state index is 0.828. The van der Waals surface area contributed by atoms with E-state index in [-0.39, 0.29) is 0 Å². The second-order valence-electron chi connectivity index (χ2n) is 3.77. The monoisotopic (exact) mass is 157 g/mol. The molecule has 1 nitrogen and oxygen atoms in total. The zero-order valence-electron chi connectivity index (χ0n) is 8.72. The van der Waals surface area contributed by atoms with Gasteiger partial charge in [0.15, 0.2) is 0 Å². The fourth-order valence-electron chi connectivity index (χ4n) is 1.34. The summed E-state index contributed by atoms with van der Waals surface area (Å²) in [6.45, 7) is 11.6. The summed E-state index contributed by atoms with van der Waals surface area (Å²) in [5.74, 6) is 1.70. The van der Waals surface area contributed by atoms with Crippen LogP contribution in [0, 0.1) is 11.8 Å². The number of hydrogen-bond donors (Lipinski definition) is 0. The molecule has 0 bridgehead atoms. The summed E-state index contributed by atoms with van der Waals surface area (Å²) in [6.07, 6.45) is 1.31. The minimum Gasteiger partial charge on any atom is -0.306 e. The van der Waals surface area contributed by atoms with Gasteiger partial charge in [-0.05, 0) is 25.4 Å². The average molecular weight is 157 g/mol. The van der Waals surface area contributed by atoms with Gasteiger partial charge in [0.1, 0.15) is 0 Å². The van der Waals surface area contributed by atoms with Gasteiger partial charge in [-0.1, -0.05) is 34.1 Å². The van der Waals surface area contributed by atoms with E-state index in [0.717, 1.165) is 11.8 Å². The van der Waals surface area contributed by atoms with E-state index in [4.69, 9.17) is 0 Å². The fourth-order valence-corrected chi connectivity index (χ4v) is 1.34. The third-order valence-corrected chi connectivity index (χ3v) is 2.55. The Morgan fingerprint density at radius 3 is 2.00 bits per heavy atom. The van der Waals surface area contributed by atoms with Crippen LogP contribution in [0.5, 0.6) is 0 Å². The van der Waals surface area contributed by atoms with Crippen molar-refractivity contribution in [1.82, 2.24) is 4.90 Å². The SMILES string of the molecule is CCC(CN(C)CC)C(C)C. The second kappa shape index (κ2) is 5.59. The van der Waals surface area contributed by atoms with E-state index >= 15 is 0 Å². The summed E-state index contributed by atoms with van der Waals surface area (Å²) in [5, 5.41) is 0. The van der Waals surface area contributed by atoms with Crippen LogP contribution < -0.4 is 0 Å². The maximum absolute atomic E-state index is 2.40. The molecular weight excluding hydrogens is 134 g/mol. The summed E-state index contributed by atoms with van der Waals surface area (Å²) < 4.78 is 0. The molecule has 68 valence electrons. The van der Waals surface area contributed by atoms with E-state index < -0.39 is 0 Å². The number of nitrogens with zero attached hydrogens (tertiary/aromatic N) is 1. The van der Waals surface area contributed by atoms with Crippen molar-refractivity contribution in [3.05, 3.63) is 0 Å². The van der Waals surface area contributed by atoms with Crippen LogP contribution in [0.1, 0.15) is 34.1 Å². The Balaban J connectivity index is 3.68. The molecule has 0 spiro atoms. The molecule has 0 heterocycles. The third kappa shape index (κ3) is 4.41. The largest absolute Gasteiger partial charge is 0.306 e. The molecule has 0 aromatic heterocycles. The molecule has 1 unspecified atom stereocenters. The third-order valence-electron chi connectivity index (χ3n) is 2.55. The van der Waals surface area contributed by atoms with Crippen LogP contribution in [0.3, 0.4) is 0 Å². The van der Waals surface area contributed by atoms with Crippen LogP contribution in [-0.2, 0) is 0 Å². The zero-order valence-corrected chi connectivity index (χ0v) is 8.72. The lowest BCUT2D eigenvalue weighted by Gasteiger charge is -2.24. The molecule has 0 aliphatic heterocycles. The maximum Gasteiger partial charge on any atom is 0.000883 e. The van der Waals surface area contributed by atoms with E-state index in [1.807, 2.05) is 0 Å². The molecule has 0 saturated carbocycles. The lowest BCUT2D eigenvalue weighted by atomic mass is 9.93. The van der Waals surface area contributed by atoms with Gasteiger partial charge in [-0.25, -0.2) is 0 Å².